The Labute approximate surface area is 246 Å². The molecule has 4 aromatic rings. The van der Waals surface area contributed by atoms with Gasteiger partial charge in [0.2, 0.25) is 11.8 Å². The van der Waals surface area contributed by atoms with Crippen LogP contribution in [0.5, 0.6) is 11.6 Å². The summed E-state index contributed by atoms with van der Waals surface area (Å²) < 4.78 is 46.7. The van der Waals surface area contributed by atoms with E-state index in [2.05, 4.69) is 25.6 Å². The second-order valence-corrected chi connectivity index (χ2v) is 9.93. The average Bonchev–Trinajstić information content (AvgIpc) is 2.97. The Morgan fingerprint density at radius 2 is 1.79 bits per heavy atom. The molecular formula is C29H29ClF3N7O2. The first-order valence-electron chi connectivity index (χ1n) is 12.8. The van der Waals surface area contributed by atoms with Gasteiger partial charge in [0.15, 0.2) is 0 Å². The van der Waals surface area contributed by atoms with E-state index in [0.29, 0.717) is 36.0 Å². The number of carbonyl (C=O) groups is 1. The monoisotopic (exact) mass is 599 g/mol. The van der Waals surface area contributed by atoms with Crippen molar-refractivity contribution in [3.05, 3.63) is 83.1 Å². The number of nitrogens with one attached hydrogen (secondary N) is 2. The number of rotatable bonds is 10. The molecule has 0 bridgehead atoms. The summed E-state index contributed by atoms with van der Waals surface area (Å²) in [5, 5.41) is 5.70. The molecule has 9 nitrogen and oxygen atoms in total. The molecule has 2 aromatic carbocycles. The van der Waals surface area contributed by atoms with Gasteiger partial charge in [0.1, 0.15) is 5.75 Å². The fourth-order valence-corrected chi connectivity index (χ4v) is 4.12. The zero-order chi connectivity index (χ0) is 30.4. The standard InChI is InChI=1S/C29H29ClF3N7O2/c1-34-28-36-13-11-23(38-28)20-6-5-12-35-27(20)42-19-8-9-22(30)24(17-19)37-26(41)21-16-18(29(31,32)33)7-10-25(21)40(4)15-14-39(2)3/h5-13,16-17H,14-15H2,1-4H3,(H,37,41)(H,34,36,38). The third kappa shape index (κ3) is 7.45. The van der Waals surface area contributed by atoms with Crippen molar-refractivity contribution < 1.29 is 22.7 Å². The van der Waals surface area contributed by atoms with Gasteiger partial charge in [0, 0.05) is 51.3 Å². The molecule has 42 heavy (non-hydrogen) atoms. The van der Waals surface area contributed by atoms with Gasteiger partial charge in [-0.05, 0) is 62.6 Å². The van der Waals surface area contributed by atoms with E-state index in [0.717, 1.165) is 12.1 Å². The molecule has 220 valence electrons. The van der Waals surface area contributed by atoms with Gasteiger partial charge in [-0.3, -0.25) is 4.79 Å². The molecule has 0 fully saturated rings. The molecule has 0 aliphatic carbocycles. The Bertz CT molecular complexity index is 1570. The SMILES string of the molecule is CNc1nccc(-c2cccnc2Oc2ccc(Cl)c(NC(=O)c3cc(C(F)(F)F)ccc3N(C)CCN(C)C)c2)n1. The van der Waals surface area contributed by atoms with Crippen molar-refractivity contribution in [3.8, 4) is 22.9 Å². The average molecular weight is 600 g/mol. The van der Waals surface area contributed by atoms with Crippen LogP contribution in [-0.2, 0) is 6.18 Å². The van der Waals surface area contributed by atoms with Gasteiger partial charge in [-0.15, -0.1) is 0 Å². The van der Waals surface area contributed by atoms with E-state index >= 15 is 0 Å². The van der Waals surface area contributed by atoms with Crippen LogP contribution < -0.4 is 20.3 Å². The van der Waals surface area contributed by atoms with E-state index < -0.39 is 17.6 Å². The lowest BCUT2D eigenvalue weighted by Crippen LogP contribution is -2.30. The predicted molar refractivity (Wildman–Crippen MR) is 158 cm³/mol. The lowest BCUT2D eigenvalue weighted by Gasteiger charge is -2.25. The molecule has 4 rings (SSSR count). The zero-order valence-electron chi connectivity index (χ0n) is 23.3. The van der Waals surface area contributed by atoms with Crippen LogP contribution in [0.1, 0.15) is 15.9 Å². The molecule has 1 amide bonds. The van der Waals surface area contributed by atoms with E-state index in [9.17, 15) is 18.0 Å². The summed E-state index contributed by atoms with van der Waals surface area (Å²) in [5.74, 6) is 0.177. The summed E-state index contributed by atoms with van der Waals surface area (Å²) >= 11 is 6.38. The Morgan fingerprint density at radius 3 is 2.50 bits per heavy atom. The van der Waals surface area contributed by atoms with Crippen LogP contribution >= 0.6 is 11.6 Å². The number of nitrogens with zero attached hydrogens (tertiary/aromatic N) is 5. The zero-order valence-corrected chi connectivity index (χ0v) is 24.1. The number of anilines is 3. The highest BCUT2D eigenvalue weighted by atomic mass is 35.5. The number of hydrogen-bond donors (Lipinski definition) is 2. The number of benzene rings is 2. The second kappa shape index (κ2) is 13.0. The summed E-state index contributed by atoms with van der Waals surface area (Å²) in [6.07, 6.45) is -1.47. The van der Waals surface area contributed by atoms with Gasteiger partial charge in [0.05, 0.1) is 33.1 Å². The van der Waals surface area contributed by atoms with Crippen LogP contribution in [0.3, 0.4) is 0 Å². The highest BCUT2D eigenvalue weighted by Crippen LogP contribution is 2.36. The number of halogens is 4. The van der Waals surface area contributed by atoms with Crippen LogP contribution in [0.15, 0.2) is 67.0 Å². The molecular weight excluding hydrogens is 571 g/mol. The Morgan fingerprint density at radius 1 is 1.00 bits per heavy atom. The van der Waals surface area contributed by atoms with Gasteiger partial charge >= 0.3 is 6.18 Å². The number of pyridine rings is 1. The molecule has 2 aromatic heterocycles. The molecule has 0 aliphatic rings. The van der Waals surface area contributed by atoms with Gasteiger partial charge in [0.25, 0.3) is 5.91 Å². The van der Waals surface area contributed by atoms with Crippen molar-refractivity contribution in [1.82, 2.24) is 19.9 Å². The van der Waals surface area contributed by atoms with Crippen molar-refractivity contribution in [2.24, 2.45) is 0 Å². The van der Waals surface area contributed by atoms with Crippen LogP contribution in [0.2, 0.25) is 5.02 Å². The fraction of sp³-hybridized carbons (Fsp3) is 0.241. The largest absolute Gasteiger partial charge is 0.438 e. The van der Waals surface area contributed by atoms with Crippen LogP contribution in [0.25, 0.3) is 11.3 Å². The maximum atomic E-state index is 13.6. The fourth-order valence-electron chi connectivity index (χ4n) is 3.96. The van der Waals surface area contributed by atoms with E-state index in [1.165, 1.54) is 18.2 Å². The predicted octanol–water partition coefficient (Wildman–Crippen LogP) is 6.29. The highest BCUT2D eigenvalue weighted by Gasteiger charge is 2.32. The molecule has 0 spiro atoms. The number of aromatic nitrogens is 3. The first kappa shape index (κ1) is 30.5. The third-order valence-corrected chi connectivity index (χ3v) is 6.52. The summed E-state index contributed by atoms with van der Waals surface area (Å²) in [4.78, 5) is 30.0. The maximum absolute atomic E-state index is 13.6. The van der Waals surface area contributed by atoms with Crippen molar-refractivity contribution in [3.63, 3.8) is 0 Å². The summed E-state index contributed by atoms with van der Waals surface area (Å²) in [7, 11) is 7.18. The highest BCUT2D eigenvalue weighted by molar-refractivity contribution is 6.34. The molecule has 13 heteroatoms. The van der Waals surface area contributed by atoms with E-state index in [1.807, 2.05) is 19.0 Å². The van der Waals surface area contributed by atoms with Crippen LogP contribution in [0.4, 0.5) is 30.5 Å². The number of carbonyl (C=O) groups excluding carboxylic acids is 1. The molecule has 0 saturated carbocycles. The first-order valence-corrected chi connectivity index (χ1v) is 13.2. The lowest BCUT2D eigenvalue weighted by molar-refractivity contribution is -0.137. The normalized spacial score (nSPS) is 11.4. The van der Waals surface area contributed by atoms with Gasteiger partial charge < -0.3 is 25.2 Å². The molecule has 0 aliphatic heterocycles. The molecule has 0 saturated heterocycles. The Hall–Kier alpha value is -4.42. The first-order chi connectivity index (χ1) is 20.0. The lowest BCUT2D eigenvalue weighted by atomic mass is 10.1. The minimum atomic E-state index is -4.63. The van der Waals surface area contributed by atoms with Crippen molar-refractivity contribution in [2.45, 2.75) is 6.18 Å². The van der Waals surface area contributed by atoms with E-state index in [1.54, 1.807) is 55.7 Å². The minimum absolute atomic E-state index is 0.149. The molecule has 2 N–H and O–H groups in total. The van der Waals surface area contributed by atoms with Gasteiger partial charge in [-0.2, -0.15) is 13.2 Å². The summed E-state index contributed by atoms with van der Waals surface area (Å²) in [6.45, 7) is 1.11. The van der Waals surface area contributed by atoms with Gasteiger partial charge in [-0.1, -0.05) is 11.6 Å². The molecule has 2 heterocycles. The minimum Gasteiger partial charge on any atom is -0.438 e. The molecule has 0 radical (unpaired) electrons. The van der Waals surface area contributed by atoms with E-state index in [-0.39, 0.29) is 27.9 Å². The Balaban J connectivity index is 1.64. The topological polar surface area (TPSA) is 95.5 Å². The van der Waals surface area contributed by atoms with Crippen LogP contribution in [0, 0.1) is 0 Å². The third-order valence-electron chi connectivity index (χ3n) is 6.19. The number of amides is 1. The van der Waals surface area contributed by atoms with Gasteiger partial charge in [-0.25, -0.2) is 15.0 Å². The molecule has 0 unspecified atom stereocenters. The number of likely N-dealkylation sites (N-methyl/N-ethyl adjacent to an activating group) is 2. The second-order valence-electron chi connectivity index (χ2n) is 9.52. The summed E-state index contributed by atoms with van der Waals surface area (Å²) in [5.41, 5.74) is 0.561. The number of ether oxygens (including phenoxy) is 1. The molecule has 0 atom stereocenters. The van der Waals surface area contributed by atoms with Crippen molar-refractivity contribution >= 4 is 34.8 Å². The van der Waals surface area contributed by atoms with Crippen LogP contribution in [-0.4, -0.2) is 67.0 Å². The maximum Gasteiger partial charge on any atom is 0.416 e. The van der Waals surface area contributed by atoms with Crippen molar-refractivity contribution in [1.29, 1.82) is 0 Å². The number of hydrogen-bond acceptors (Lipinski definition) is 8. The Kier molecular flexibility index (Phi) is 9.48. The smallest absolute Gasteiger partial charge is 0.416 e. The quantitative estimate of drug-likeness (QED) is 0.219. The van der Waals surface area contributed by atoms with Crippen molar-refractivity contribution in [2.75, 3.05) is 56.8 Å². The summed E-state index contributed by atoms with van der Waals surface area (Å²) in [6, 6.07) is 12.9. The number of alkyl halides is 3. The van der Waals surface area contributed by atoms with E-state index in [4.69, 9.17) is 16.3 Å².